The maximum absolute atomic E-state index is 13.0. The van der Waals surface area contributed by atoms with Crippen LogP contribution in [0.2, 0.25) is 0 Å². The van der Waals surface area contributed by atoms with Crippen molar-refractivity contribution in [3.63, 3.8) is 0 Å². The van der Waals surface area contributed by atoms with Gasteiger partial charge < -0.3 is 4.74 Å². The molecule has 0 spiro atoms. The molecular weight excluding hydrogens is 373 g/mol. The Labute approximate surface area is 158 Å². The van der Waals surface area contributed by atoms with Gasteiger partial charge >= 0.3 is 11.9 Å². The zero-order valence-corrected chi connectivity index (χ0v) is 15.2. The molecule has 0 fully saturated rings. The van der Waals surface area contributed by atoms with Gasteiger partial charge in [0.15, 0.2) is 0 Å². The molecule has 0 bridgehead atoms. The fourth-order valence-electron chi connectivity index (χ4n) is 2.83. The Morgan fingerprint density at radius 1 is 1.00 bits per heavy atom. The van der Waals surface area contributed by atoms with Gasteiger partial charge in [-0.25, -0.2) is 9.36 Å². The zero-order valence-electron chi connectivity index (χ0n) is 15.2. The normalized spacial score (nSPS) is 11.5. The van der Waals surface area contributed by atoms with Crippen LogP contribution in [0.1, 0.15) is 16.8 Å². The first kappa shape index (κ1) is 19.5. The molecule has 0 saturated heterocycles. The Morgan fingerprint density at radius 3 is 2.29 bits per heavy atom. The molecule has 0 aliphatic carbocycles. The first-order valence-corrected chi connectivity index (χ1v) is 8.36. The van der Waals surface area contributed by atoms with E-state index in [9.17, 15) is 22.8 Å². The van der Waals surface area contributed by atoms with Crippen molar-refractivity contribution in [2.24, 2.45) is 7.05 Å². The predicted octanol–water partition coefficient (Wildman–Crippen LogP) is 3.44. The molecule has 0 unspecified atom stereocenters. The molecule has 0 N–H and O–H groups in total. The van der Waals surface area contributed by atoms with Crippen LogP contribution in [0.5, 0.6) is 5.75 Å². The highest BCUT2D eigenvalue weighted by molar-refractivity contribution is 5.45. The van der Waals surface area contributed by atoms with Gasteiger partial charge in [-0.05, 0) is 36.2 Å². The first-order chi connectivity index (χ1) is 13.2. The number of halogens is 3. The van der Waals surface area contributed by atoms with Crippen molar-refractivity contribution in [2.75, 3.05) is 0 Å². The van der Waals surface area contributed by atoms with E-state index in [2.05, 4.69) is 0 Å². The first-order valence-electron chi connectivity index (χ1n) is 8.36. The maximum Gasteiger partial charge on any atom is 0.431 e. The highest BCUT2D eigenvalue weighted by Crippen LogP contribution is 2.27. The van der Waals surface area contributed by atoms with Crippen molar-refractivity contribution in [3.05, 3.63) is 92.3 Å². The van der Waals surface area contributed by atoms with E-state index in [1.54, 1.807) is 19.1 Å². The van der Waals surface area contributed by atoms with Gasteiger partial charge in [-0.2, -0.15) is 13.2 Å². The molecule has 0 amide bonds. The van der Waals surface area contributed by atoms with Crippen LogP contribution < -0.4 is 16.0 Å². The van der Waals surface area contributed by atoms with Gasteiger partial charge in [0.05, 0.1) is 5.69 Å². The minimum Gasteiger partial charge on any atom is -0.489 e. The number of ether oxygens (including phenoxy) is 1. The molecular formula is C20H17F3N2O3. The van der Waals surface area contributed by atoms with E-state index in [1.165, 1.54) is 6.07 Å². The van der Waals surface area contributed by atoms with Crippen LogP contribution in [0, 0.1) is 6.92 Å². The summed E-state index contributed by atoms with van der Waals surface area (Å²) in [5.74, 6) is 0.516. The van der Waals surface area contributed by atoms with E-state index in [0.717, 1.165) is 12.6 Å². The largest absolute Gasteiger partial charge is 0.489 e. The van der Waals surface area contributed by atoms with Crippen LogP contribution >= 0.6 is 0 Å². The minimum atomic E-state index is -4.80. The average molecular weight is 390 g/mol. The van der Waals surface area contributed by atoms with E-state index in [0.29, 0.717) is 33.1 Å². The van der Waals surface area contributed by atoms with Crippen LogP contribution in [0.3, 0.4) is 0 Å². The van der Waals surface area contributed by atoms with E-state index >= 15 is 0 Å². The second kappa shape index (κ2) is 7.38. The van der Waals surface area contributed by atoms with E-state index in [-0.39, 0.29) is 5.69 Å². The maximum atomic E-state index is 13.0. The van der Waals surface area contributed by atoms with Crippen molar-refractivity contribution in [1.82, 2.24) is 9.13 Å². The van der Waals surface area contributed by atoms with E-state index in [4.69, 9.17) is 4.74 Å². The number of aromatic nitrogens is 2. The molecule has 2 aromatic carbocycles. The molecule has 8 heteroatoms. The van der Waals surface area contributed by atoms with Crippen LogP contribution in [0.4, 0.5) is 13.2 Å². The lowest BCUT2D eigenvalue weighted by Gasteiger charge is -2.15. The van der Waals surface area contributed by atoms with E-state index in [1.807, 2.05) is 30.3 Å². The SMILES string of the molecule is Cc1cc(OCc2ccccc2)ccc1-n1c(=O)cc(C(F)(F)F)n(C)c1=O. The van der Waals surface area contributed by atoms with Gasteiger partial charge in [0.1, 0.15) is 18.1 Å². The minimum absolute atomic E-state index is 0.200. The standard InChI is InChI=1S/C20H17F3N2O3/c1-13-10-15(28-12-14-6-4-3-5-7-14)8-9-16(13)25-18(26)11-17(20(21,22)23)24(2)19(25)27/h3-11H,12H2,1-2H3. The lowest BCUT2D eigenvalue weighted by Crippen LogP contribution is -2.40. The van der Waals surface area contributed by atoms with Crippen LogP contribution in [0.25, 0.3) is 5.69 Å². The van der Waals surface area contributed by atoms with Gasteiger partial charge in [-0.15, -0.1) is 0 Å². The molecule has 1 heterocycles. The second-order valence-corrected chi connectivity index (χ2v) is 6.27. The monoisotopic (exact) mass is 390 g/mol. The summed E-state index contributed by atoms with van der Waals surface area (Å²) in [7, 11) is 0.980. The number of benzene rings is 2. The average Bonchev–Trinajstić information content (AvgIpc) is 2.64. The summed E-state index contributed by atoms with van der Waals surface area (Å²) >= 11 is 0. The molecule has 146 valence electrons. The van der Waals surface area contributed by atoms with Crippen molar-refractivity contribution >= 4 is 0 Å². The fraction of sp³-hybridized carbons (Fsp3) is 0.200. The van der Waals surface area contributed by atoms with Crippen LogP contribution in [-0.4, -0.2) is 9.13 Å². The third-order valence-corrected chi connectivity index (χ3v) is 4.27. The fourth-order valence-corrected chi connectivity index (χ4v) is 2.83. The van der Waals surface area contributed by atoms with Crippen molar-refractivity contribution in [3.8, 4) is 11.4 Å². The third-order valence-electron chi connectivity index (χ3n) is 4.27. The number of nitrogens with zero attached hydrogens (tertiary/aromatic N) is 2. The summed E-state index contributed by atoms with van der Waals surface area (Å²) in [6, 6.07) is 14.6. The lowest BCUT2D eigenvalue weighted by atomic mass is 10.2. The molecule has 28 heavy (non-hydrogen) atoms. The lowest BCUT2D eigenvalue weighted by molar-refractivity contribution is -0.144. The quantitative estimate of drug-likeness (QED) is 0.686. The summed E-state index contributed by atoms with van der Waals surface area (Å²) in [5.41, 5.74) is -1.72. The number of aryl methyl sites for hydroxylation is 1. The van der Waals surface area contributed by atoms with Gasteiger partial charge in [0, 0.05) is 13.1 Å². The number of hydrogen-bond donors (Lipinski definition) is 0. The molecule has 0 aliphatic heterocycles. The summed E-state index contributed by atoms with van der Waals surface area (Å²) < 4.78 is 45.7. The zero-order chi connectivity index (χ0) is 20.5. The third kappa shape index (κ3) is 3.85. The Hall–Kier alpha value is -3.29. The Bertz CT molecular complexity index is 1120. The van der Waals surface area contributed by atoms with Crippen molar-refractivity contribution in [1.29, 1.82) is 0 Å². The summed E-state index contributed by atoms with van der Waals surface area (Å²) in [5, 5.41) is 0. The highest BCUT2D eigenvalue weighted by Gasteiger charge is 2.35. The molecule has 5 nitrogen and oxygen atoms in total. The number of hydrogen-bond acceptors (Lipinski definition) is 3. The van der Waals surface area contributed by atoms with Gasteiger partial charge in [0.25, 0.3) is 5.56 Å². The summed E-state index contributed by atoms with van der Waals surface area (Å²) in [6.45, 7) is 1.98. The molecule has 3 aromatic rings. The highest BCUT2D eigenvalue weighted by atomic mass is 19.4. The molecule has 3 rings (SSSR count). The molecule has 0 atom stereocenters. The second-order valence-electron chi connectivity index (χ2n) is 6.27. The molecule has 0 saturated carbocycles. The van der Waals surface area contributed by atoms with Crippen molar-refractivity contribution < 1.29 is 17.9 Å². The van der Waals surface area contributed by atoms with Gasteiger partial charge in [0.2, 0.25) is 0 Å². The van der Waals surface area contributed by atoms with E-state index < -0.39 is 23.1 Å². The Balaban J connectivity index is 1.96. The van der Waals surface area contributed by atoms with Crippen molar-refractivity contribution in [2.45, 2.75) is 19.7 Å². The number of alkyl halides is 3. The molecule has 0 radical (unpaired) electrons. The van der Waals surface area contributed by atoms with Crippen LogP contribution in [0.15, 0.2) is 64.2 Å². The Morgan fingerprint density at radius 2 is 1.68 bits per heavy atom. The smallest absolute Gasteiger partial charge is 0.431 e. The molecule has 1 aromatic heterocycles. The number of rotatable bonds is 4. The van der Waals surface area contributed by atoms with Gasteiger partial charge in [-0.3, -0.25) is 9.36 Å². The predicted molar refractivity (Wildman–Crippen MR) is 97.8 cm³/mol. The summed E-state index contributed by atoms with van der Waals surface area (Å²) in [4.78, 5) is 24.6. The molecule has 0 aliphatic rings. The summed E-state index contributed by atoms with van der Waals surface area (Å²) in [6.07, 6.45) is -4.80. The van der Waals surface area contributed by atoms with Crippen LogP contribution in [-0.2, 0) is 19.8 Å². The Kier molecular flexibility index (Phi) is 5.13. The van der Waals surface area contributed by atoms with Gasteiger partial charge in [-0.1, -0.05) is 30.3 Å². The topological polar surface area (TPSA) is 53.2 Å².